The Kier molecular flexibility index (Phi) is 2.51. The fraction of sp³-hybridized carbons (Fsp3) is 0.222. The van der Waals surface area contributed by atoms with Gasteiger partial charge in [0.05, 0.1) is 9.40 Å². The van der Waals surface area contributed by atoms with Crippen molar-refractivity contribution in [1.82, 2.24) is 0 Å². The van der Waals surface area contributed by atoms with E-state index in [9.17, 15) is 0 Å². The minimum Gasteiger partial charge on any atom is -0.134 e. The lowest BCUT2D eigenvalue weighted by Gasteiger charge is -2.18. The van der Waals surface area contributed by atoms with E-state index >= 15 is 0 Å². The summed E-state index contributed by atoms with van der Waals surface area (Å²) in [5, 5.41) is 2.84. The molecule has 0 saturated carbocycles. The summed E-state index contributed by atoms with van der Waals surface area (Å²) in [7, 11) is 0. The van der Waals surface area contributed by atoms with Crippen LogP contribution in [-0.4, -0.2) is 0 Å². The fourth-order valence-electron chi connectivity index (χ4n) is 2.67. The van der Waals surface area contributed by atoms with Crippen LogP contribution in [0.2, 0.25) is 0 Å². The molecule has 0 atom stereocenters. The molecule has 4 aromatic rings. The maximum atomic E-state index is 2.39. The first-order valence-electron chi connectivity index (χ1n) is 6.88. The smallest absolute Gasteiger partial charge is 0.0542 e. The zero-order valence-electron chi connectivity index (χ0n) is 11.9. The summed E-state index contributed by atoms with van der Waals surface area (Å²) in [6.45, 7) is 6.84. The van der Waals surface area contributed by atoms with Crippen LogP contribution < -0.4 is 0 Å². The molecule has 0 saturated heterocycles. The van der Waals surface area contributed by atoms with Crippen molar-refractivity contribution in [1.29, 1.82) is 0 Å². The second-order valence-corrected chi connectivity index (χ2v) is 8.42. The molecule has 2 heteroatoms. The number of hydrogen-bond acceptors (Lipinski definition) is 2. The standard InChI is InChI=1S/C18H16S2/c1-18(2,3)11-8-9-15-13(10-11)17-16(20-15)12-6-4-5-7-14(12)19-17/h4-10H,1-3H3. The van der Waals surface area contributed by atoms with Gasteiger partial charge in [0.25, 0.3) is 0 Å². The van der Waals surface area contributed by atoms with Gasteiger partial charge in [0.15, 0.2) is 0 Å². The van der Waals surface area contributed by atoms with Crippen LogP contribution in [0.4, 0.5) is 0 Å². The highest BCUT2D eigenvalue weighted by Gasteiger charge is 2.17. The highest BCUT2D eigenvalue weighted by molar-refractivity contribution is 7.36. The number of rotatable bonds is 0. The molecule has 4 rings (SSSR count). The van der Waals surface area contributed by atoms with Crippen molar-refractivity contribution in [2.45, 2.75) is 26.2 Å². The molecule has 2 heterocycles. The SMILES string of the molecule is CC(C)(C)c1ccc2sc3c4ccccc4sc3c2c1. The number of hydrogen-bond donors (Lipinski definition) is 0. The van der Waals surface area contributed by atoms with E-state index in [1.807, 2.05) is 22.7 Å². The first kappa shape index (κ1) is 12.4. The molecule has 100 valence electrons. The molecule has 0 fully saturated rings. The van der Waals surface area contributed by atoms with E-state index in [4.69, 9.17) is 0 Å². The van der Waals surface area contributed by atoms with Gasteiger partial charge in [0.2, 0.25) is 0 Å². The molecule has 0 unspecified atom stereocenters. The van der Waals surface area contributed by atoms with Crippen molar-refractivity contribution in [3.05, 3.63) is 48.0 Å². The quantitative estimate of drug-likeness (QED) is 0.344. The predicted molar refractivity (Wildman–Crippen MR) is 93.4 cm³/mol. The predicted octanol–water partition coefficient (Wildman–Crippen LogP) is 6.57. The molecule has 20 heavy (non-hydrogen) atoms. The van der Waals surface area contributed by atoms with Crippen LogP contribution in [-0.2, 0) is 5.41 Å². The first-order valence-corrected chi connectivity index (χ1v) is 8.51. The molecule has 0 nitrogen and oxygen atoms in total. The van der Waals surface area contributed by atoms with E-state index < -0.39 is 0 Å². The highest BCUT2D eigenvalue weighted by atomic mass is 32.1. The summed E-state index contributed by atoms with van der Waals surface area (Å²) in [5.74, 6) is 0. The van der Waals surface area contributed by atoms with E-state index in [0.717, 1.165) is 0 Å². The van der Waals surface area contributed by atoms with Gasteiger partial charge in [-0.05, 0) is 29.2 Å². The third-order valence-corrected chi connectivity index (χ3v) is 6.39. The van der Waals surface area contributed by atoms with Gasteiger partial charge in [0.1, 0.15) is 0 Å². The average molecular weight is 296 g/mol. The van der Waals surface area contributed by atoms with Gasteiger partial charge >= 0.3 is 0 Å². The molecule has 0 aliphatic carbocycles. The van der Waals surface area contributed by atoms with Crippen LogP contribution in [0, 0.1) is 0 Å². The van der Waals surface area contributed by atoms with Crippen LogP contribution in [0.1, 0.15) is 26.3 Å². The molecule has 0 aliphatic heterocycles. The van der Waals surface area contributed by atoms with Gasteiger partial charge in [-0.3, -0.25) is 0 Å². The maximum absolute atomic E-state index is 2.39. The fourth-order valence-corrected chi connectivity index (χ4v) is 5.30. The van der Waals surface area contributed by atoms with Gasteiger partial charge in [-0.2, -0.15) is 0 Å². The number of thiophene rings is 2. The Balaban J connectivity index is 2.13. The Hall–Kier alpha value is -1.38. The summed E-state index contributed by atoms with van der Waals surface area (Å²) in [5.41, 5.74) is 1.63. The van der Waals surface area contributed by atoms with Gasteiger partial charge < -0.3 is 0 Å². The normalized spacial score (nSPS) is 12.8. The maximum Gasteiger partial charge on any atom is 0.0542 e. The van der Waals surface area contributed by atoms with E-state index in [0.29, 0.717) is 0 Å². The average Bonchev–Trinajstić information content (AvgIpc) is 2.93. The van der Waals surface area contributed by atoms with Crippen LogP contribution in [0.15, 0.2) is 42.5 Å². The highest BCUT2D eigenvalue weighted by Crippen LogP contribution is 2.44. The summed E-state index contributed by atoms with van der Waals surface area (Å²) in [6, 6.07) is 15.7. The Morgan fingerprint density at radius 3 is 2.15 bits per heavy atom. The largest absolute Gasteiger partial charge is 0.134 e. The van der Waals surface area contributed by atoms with Crippen LogP contribution >= 0.6 is 22.7 Å². The molecule has 0 amide bonds. The minimum atomic E-state index is 0.207. The Bertz CT molecular complexity index is 932. The van der Waals surface area contributed by atoms with Gasteiger partial charge in [-0.25, -0.2) is 0 Å². The molecule has 0 spiro atoms. The van der Waals surface area contributed by atoms with Crippen molar-refractivity contribution < 1.29 is 0 Å². The monoisotopic (exact) mass is 296 g/mol. The third kappa shape index (κ3) is 1.72. The van der Waals surface area contributed by atoms with Gasteiger partial charge in [-0.15, -0.1) is 22.7 Å². The zero-order valence-corrected chi connectivity index (χ0v) is 13.5. The Morgan fingerprint density at radius 2 is 1.40 bits per heavy atom. The molecular formula is C18H16S2. The van der Waals surface area contributed by atoms with Crippen molar-refractivity contribution in [3.8, 4) is 0 Å². The topological polar surface area (TPSA) is 0 Å². The summed E-state index contributed by atoms with van der Waals surface area (Å²) < 4.78 is 5.71. The third-order valence-electron chi connectivity index (χ3n) is 3.85. The van der Waals surface area contributed by atoms with E-state index in [-0.39, 0.29) is 5.41 Å². The molecular weight excluding hydrogens is 280 g/mol. The van der Waals surface area contributed by atoms with Crippen molar-refractivity contribution in [3.63, 3.8) is 0 Å². The molecule has 0 radical (unpaired) electrons. The van der Waals surface area contributed by atoms with Crippen LogP contribution in [0.5, 0.6) is 0 Å². The lowest BCUT2D eigenvalue weighted by Crippen LogP contribution is -2.10. The van der Waals surface area contributed by atoms with E-state index in [1.54, 1.807) is 0 Å². The molecule has 0 bridgehead atoms. The molecule has 0 aliphatic rings. The Labute approximate surface area is 126 Å². The van der Waals surface area contributed by atoms with Gasteiger partial charge in [-0.1, -0.05) is 45.0 Å². The van der Waals surface area contributed by atoms with Crippen molar-refractivity contribution >= 4 is 52.2 Å². The number of benzene rings is 2. The van der Waals surface area contributed by atoms with Crippen molar-refractivity contribution in [2.24, 2.45) is 0 Å². The molecule has 2 aromatic carbocycles. The lowest BCUT2D eigenvalue weighted by atomic mass is 9.87. The first-order chi connectivity index (χ1) is 9.54. The summed E-state index contributed by atoms with van der Waals surface area (Å²) in [4.78, 5) is 0. The number of fused-ring (bicyclic) bond motifs is 5. The van der Waals surface area contributed by atoms with Crippen LogP contribution in [0.3, 0.4) is 0 Å². The summed E-state index contributed by atoms with van der Waals surface area (Å²) >= 11 is 3.86. The van der Waals surface area contributed by atoms with Crippen LogP contribution in [0.25, 0.3) is 29.6 Å². The Morgan fingerprint density at radius 1 is 0.750 bits per heavy atom. The second-order valence-electron chi connectivity index (χ2n) is 6.32. The molecule has 2 aromatic heterocycles. The van der Waals surface area contributed by atoms with Crippen molar-refractivity contribution in [2.75, 3.05) is 0 Å². The van der Waals surface area contributed by atoms with Gasteiger partial charge in [0, 0.05) is 20.2 Å². The molecule has 0 N–H and O–H groups in total. The minimum absolute atomic E-state index is 0.207. The van der Waals surface area contributed by atoms with E-state index in [1.165, 1.54) is 35.1 Å². The summed E-state index contributed by atoms with van der Waals surface area (Å²) in [6.07, 6.45) is 0. The lowest BCUT2D eigenvalue weighted by molar-refractivity contribution is 0.591. The zero-order chi connectivity index (χ0) is 13.9. The second kappa shape index (κ2) is 4.06. The van der Waals surface area contributed by atoms with E-state index in [2.05, 4.69) is 63.2 Å².